The molecule has 3 aromatic carbocycles. The minimum atomic E-state index is -5.15. The Hall–Kier alpha value is -3.83. The number of oxazole rings is 1. The van der Waals surface area contributed by atoms with Crippen molar-refractivity contribution in [1.82, 2.24) is 4.57 Å². The van der Waals surface area contributed by atoms with E-state index in [4.69, 9.17) is 21.1 Å². The molecule has 37 heavy (non-hydrogen) atoms. The van der Waals surface area contributed by atoms with E-state index in [-0.39, 0.29) is 27.2 Å². The van der Waals surface area contributed by atoms with Gasteiger partial charge in [0.1, 0.15) is 0 Å². The summed E-state index contributed by atoms with van der Waals surface area (Å²) >= 11 is 6.35. The van der Waals surface area contributed by atoms with E-state index in [1.165, 1.54) is 37.4 Å². The van der Waals surface area contributed by atoms with Gasteiger partial charge in [-0.05, 0) is 52.6 Å². The lowest BCUT2D eigenvalue weighted by Gasteiger charge is -2.37. The van der Waals surface area contributed by atoms with Crippen LogP contribution in [0.5, 0.6) is 5.75 Å². The Morgan fingerprint density at radius 3 is 2.32 bits per heavy atom. The number of nitrogens with zero attached hydrogens (tertiary/aromatic N) is 1. The van der Waals surface area contributed by atoms with Crippen LogP contribution in [0.2, 0.25) is 5.02 Å². The highest BCUT2D eigenvalue weighted by Crippen LogP contribution is 2.50. The summed E-state index contributed by atoms with van der Waals surface area (Å²) in [6, 6.07) is 10.7. The molecule has 4 aromatic rings. The van der Waals surface area contributed by atoms with Crippen LogP contribution in [0.1, 0.15) is 24.0 Å². The zero-order valence-electron chi connectivity index (χ0n) is 19.1. The van der Waals surface area contributed by atoms with E-state index in [1.807, 2.05) is 0 Å². The van der Waals surface area contributed by atoms with Gasteiger partial charge in [-0.25, -0.2) is 14.0 Å². The monoisotopic (exact) mass is 539 g/mol. The number of ether oxygens (including phenoxy) is 1. The number of halogens is 5. The van der Waals surface area contributed by atoms with Crippen molar-refractivity contribution in [2.75, 3.05) is 0 Å². The topological polar surface area (TPSA) is 102 Å². The molecule has 0 unspecified atom stereocenters. The number of carbonyl (C=O) groups is 1. The summed E-state index contributed by atoms with van der Waals surface area (Å²) in [5.41, 5.74) is -3.26. The average molecular weight is 540 g/mol. The Morgan fingerprint density at radius 1 is 1.08 bits per heavy atom. The molecule has 0 bridgehead atoms. The predicted molar refractivity (Wildman–Crippen MR) is 125 cm³/mol. The van der Waals surface area contributed by atoms with Crippen LogP contribution in [0, 0.1) is 5.82 Å². The lowest BCUT2D eigenvalue weighted by Crippen LogP contribution is -2.46. The fraction of sp³-hybridized carbons (Fsp3) is 0.200. The van der Waals surface area contributed by atoms with Crippen molar-refractivity contribution in [2.45, 2.75) is 24.6 Å². The van der Waals surface area contributed by atoms with Crippen LogP contribution in [0.4, 0.5) is 22.4 Å². The third-order valence-corrected chi connectivity index (χ3v) is 6.55. The normalized spacial score (nSPS) is 14.4. The van der Waals surface area contributed by atoms with Crippen molar-refractivity contribution in [2.24, 2.45) is 7.05 Å². The molecule has 0 saturated heterocycles. The number of carboxylic acid groups (broad SMARTS) is 1. The van der Waals surface area contributed by atoms with Crippen LogP contribution >= 0.6 is 11.6 Å². The van der Waals surface area contributed by atoms with E-state index >= 15 is 0 Å². The zero-order valence-corrected chi connectivity index (χ0v) is 19.9. The molecule has 1 aromatic heterocycles. The molecule has 0 aliphatic rings. The van der Waals surface area contributed by atoms with Gasteiger partial charge in [0.2, 0.25) is 0 Å². The quantitative estimate of drug-likeness (QED) is 0.178. The molecular formula is C25H18ClF4NO6. The van der Waals surface area contributed by atoms with Gasteiger partial charge in [0, 0.05) is 18.0 Å². The fourth-order valence-corrected chi connectivity index (χ4v) is 4.51. The van der Waals surface area contributed by atoms with Gasteiger partial charge in [0.15, 0.2) is 22.8 Å². The second-order valence-electron chi connectivity index (χ2n) is 8.34. The summed E-state index contributed by atoms with van der Waals surface area (Å²) in [7, 11) is 1.33. The standard InChI is InChI=1S/C25H18ClF4NO6/c1-12(24(35,25(28,29)30)15-5-8-21-19(11-15)31(2)22(32)36-21)16-6-3-13(9-17(16)26)14-4-7-20(18(27)10-14)37-23(33)34/h3-12,35H,1-2H3,(H,33,34)/t12-,24-/m1/s1. The first kappa shape index (κ1) is 26.2. The smallest absolute Gasteiger partial charge is 0.449 e. The van der Waals surface area contributed by atoms with Gasteiger partial charge in [0.25, 0.3) is 0 Å². The van der Waals surface area contributed by atoms with Crippen LogP contribution in [-0.4, -0.2) is 27.1 Å². The van der Waals surface area contributed by atoms with E-state index in [2.05, 4.69) is 4.74 Å². The molecule has 0 saturated carbocycles. The SMILES string of the molecule is C[C@H](c1ccc(-c2ccc(OC(=O)O)c(F)c2)cc1Cl)[C@@](O)(c1ccc2oc(=O)n(C)c2c1)C(F)(F)F. The highest BCUT2D eigenvalue weighted by atomic mass is 35.5. The first-order valence-electron chi connectivity index (χ1n) is 10.6. The summed E-state index contributed by atoms with van der Waals surface area (Å²) < 4.78 is 67.7. The molecule has 0 fully saturated rings. The van der Waals surface area contributed by atoms with E-state index in [0.29, 0.717) is 5.56 Å². The van der Waals surface area contributed by atoms with Crippen molar-refractivity contribution in [3.05, 3.63) is 87.1 Å². The van der Waals surface area contributed by atoms with Gasteiger partial charge < -0.3 is 19.4 Å². The van der Waals surface area contributed by atoms with E-state index in [9.17, 15) is 32.3 Å². The summed E-state index contributed by atoms with van der Waals surface area (Å²) in [4.78, 5) is 22.4. The molecule has 0 aliphatic heterocycles. The Labute approximate surface area is 211 Å². The predicted octanol–water partition coefficient (Wildman–Crippen LogP) is 6.20. The number of hydrogen-bond acceptors (Lipinski definition) is 5. The van der Waals surface area contributed by atoms with Crippen molar-refractivity contribution in [3.63, 3.8) is 0 Å². The fourth-order valence-electron chi connectivity index (χ4n) is 4.16. The van der Waals surface area contributed by atoms with E-state index < -0.39 is 46.7 Å². The molecule has 1 heterocycles. The van der Waals surface area contributed by atoms with Crippen LogP contribution in [0.25, 0.3) is 22.2 Å². The molecule has 0 aliphatic carbocycles. The number of benzene rings is 3. The Kier molecular flexibility index (Phi) is 6.55. The molecule has 12 heteroatoms. The molecule has 0 amide bonds. The first-order valence-corrected chi connectivity index (χ1v) is 11.0. The molecule has 0 spiro atoms. The van der Waals surface area contributed by atoms with Crippen molar-refractivity contribution in [1.29, 1.82) is 0 Å². The number of fused-ring (bicyclic) bond motifs is 1. The summed E-state index contributed by atoms with van der Waals surface area (Å²) in [5.74, 6) is -3.87. The zero-order chi connectivity index (χ0) is 27.3. The molecule has 2 N–H and O–H groups in total. The Morgan fingerprint density at radius 2 is 1.73 bits per heavy atom. The lowest BCUT2D eigenvalue weighted by molar-refractivity contribution is -0.274. The van der Waals surface area contributed by atoms with Gasteiger partial charge in [-0.1, -0.05) is 42.8 Å². The minimum absolute atomic E-state index is 0.0438. The van der Waals surface area contributed by atoms with Crippen molar-refractivity contribution in [3.8, 4) is 16.9 Å². The van der Waals surface area contributed by atoms with E-state index in [0.717, 1.165) is 35.8 Å². The highest BCUT2D eigenvalue weighted by molar-refractivity contribution is 6.31. The molecule has 2 atom stereocenters. The van der Waals surface area contributed by atoms with Crippen LogP contribution in [-0.2, 0) is 12.6 Å². The first-order chi connectivity index (χ1) is 17.2. The van der Waals surface area contributed by atoms with Gasteiger partial charge in [-0.15, -0.1) is 0 Å². The lowest BCUT2D eigenvalue weighted by atomic mass is 9.77. The number of alkyl halides is 3. The van der Waals surface area contributed by atoms with Crippen molar-refractivity contribution < 1.29 is 41.7 Å². The molecule has 4 rings (SSSR count). The van der Waals surface area contributed by atoms with Gasteiger partial charge in [-0.2, -0.15) is 13.2 Å². The number of hydrogen-bond donors (Lipinski definition) is 2. The summed E-state index contributed by atoms with van der Waals surface area (Å²) in [5, 5.41) is 19.6. The summed E-state index contributed by atoms with van der Waals surface area (Å²) in [6.45, 7) is 1.16. The van der Waals surface area contributed by atoms with Crippen LogP contribution < -0.4 is 10.5 Å². The third kappa shape index (κ3) is 4.56. The molecule has 7 nitrogen and oxygen atoms in total. The van der Waals surface area contributed by atoms with Crippen LogP contribution in [0.3, 0.4) is 0 Å². The van der Waals surface area contributed by atoms with Gasteiger partial charge in [0.05, 0.1) is 5.52 Å². The van der Waals surface area contributed by atoms with Gasteiger partial charge >= 0.3 is 18.1 Å². The van der Waals surface area contributed by atoms with E-state index in [1.54, 1.807) is 0 Å². The second kappa shape index (κ2) is 9.24. The maximum Gasteiger partial charge on any atom is 0.511 e. The number of aromatic nitrogens is 1. The third-order valence-electron chi connectivity index (χ3n) is 6.22. The van der Waals surface area contributed by atoms with Crippen molar-refractivity contribution >= 4 is 28.9 Å². The van der Waals surface area contributed by atoms with Crippen LogP contribution in [0.15, 0.2) is 63.8 Å². The average Bonchev–Trinajstić information content (AvgIpc) is 3.11. The highest BCUT2D eigenvalue weighted by Gasteiger charge is 2.59. The Balaban J connectivity index is 1.76. The maximum absolute atomic E-state index is 14.4. The minimum Gasteiger partial charge on any atom is -0.449 e. The second-order valence-corrected chi connectivity index (χ2v) is 8.75. The maximum atomic E-state index is 14.4. The largest absolute Gasteiger partial charge is 0.511 e. The number of aliphatic hydroxyl groups is 1. The number of aryl methyl sites for hydroxylation is 1. The van der Waals surface area contributed by atoms with Gasteiger partial charge in [-0.3, -0.25) is 4.57 Å². The number of rotatable bonds is 5. The molecular weight excluding hydrogens is 522 g/mol. The molecule has 194 valence electrons. The molecule has 0 radical (unpaired) electrons. The Bertz CT molecular complexity index is 1580. The summed E-state index contributed by atoms with van der Waals surface area (Å²) in [6.07, 6.45) is -6.84.